The van der Waals surface area contributed by atoms with E-state index in [2.05, 4.69) is 0 Å². The van der Waals surface area contributed by atoms with Gasteiger partial charge in [0.15, 0.2) is 0 Å². The standard InChI is InChI=1S/C13H14F3N/c14-13(15,16)11-4-1-9(2-5-11)7-10-3-6-12(17)8-10/h1-2,4-5,8,12H,3,6-7,17H2. The fourth-order valence-corrected chi connectivity index (χ4v) is 2.04. The summed E-state index contributed by atoms with van der Waals surface area (Å²) >= 11 is 0. The highest BCUT2D eigenvalue weighted by molar-refractivity contribution is 5.29. The SMILES string of the molecule is NC1C=C(Cc2ccc(C(F)(F)F)cc2)CC1. The highest BCUT2D eigenvalue weighted by atomic mass is 19.4. The van der Waals surface area contributed by atoms with Gasteiger partial charge in [0.2, 0.25) is 0 Å². The quantitative estimate of drug-likeness (QED) is 0.790. The van der Waals surface area contributed by atoms with Gasteiger partial charge in [0.1, 0.15) is 0 Å². The second-order valence-electron chi connectivity index (χ2n) is 4.40. The lowest BCUT2D eigenvalue weighted by Gasteiger charge is -2.07. The lowest BCUT2D eigenvalue weighted by atomic mass is 10.0. The summed E-state index contributed by atoms with van der Waals surface area (Å²) in [5.41, 5.74) is 7.26. The summed E-state index contributed by atoms with van der Waals surface area (Å²) in [6.45, 7) is 0. The summed E-state index contributed by atoms with van der Waals surface area (Å²) in [5.74, 6) is 0. The lowest BCUT2D eigenvalue weighted by Crippen LogP contribution is -2.11. The van der Waals surface area contributed by atoms with E-state index in [0.717, 1.165) is 30.5 Å². The van der Waals surface area contributed by atoms with Crippen molar-refractivity contribution in [3.63, 3.8) is 0 Å². The predicted molar refractivity (Wildman–Crippen MR) is 60.4 cm³/mol. The van der Waals surface area contributed by atoms with Crippen LogP contribution >= 0.6 is 0 Å². The van der Waals surface area contributed by atoms with Gasteiger partial charge in [-0.2, -0.15) is 13.2 Å². The Bertz CT molecular complexity index is 417. The molecule has 2 rings (SSSR count). The van der Waals surface area contributed by atoms with Gasteiger partial charge < -0.3 is 5.73 Å². The fourth-order valence-electron chi connectivity index (χ4n) is 2.04. The van der Waals surface area contributed by atoms with Crippen molar-refractivity contribution < 1.29 is 13.2 Å². The van der Waals surface area contributed by atoms with Gasteiger partial charge in [0.05, 0.1) is 5.56 Å². The van der Waals surface area contributed by atoms with Crippen LogP contribution in [-0.2, 0) is 12.6 Å². The molecule has 0 radical (unpaired) electrons. The maximum atomic E-state index is 12.3. The van der Waals surface area contributed by atoms with Gasteiger partial charge >= 0.3 is 6.18 Å². The normalized spacial score (nSPS) is 20.5. The summed E-state index contributed by atoms with van der Waals surface area (Å²) in [7, 11) is 0. The van der Waals surface area contributed by atoms with E-state index in [1.54, 1.807) is 0 Å². The van der Waals surface area contributed by atoms with E-state index in [-0.39, 0.29) is 6.04 Å². The summed E-state index contributed by atoms with van der Waals surface area (Å²) in [6.07, 6.45) is 0.342. The lowest BCUT2D eigenvalue weighted by molar-refractivity contribution is -0.137. The summed E-state index contributed by atoms with van der Waals surface area (Å²) in [5, 5.41) is 0. The Kier molecular flexibility index (Phi) is 3.24. The van der Waals surface area contributed by atoms with Crippen LogP contribution in [0.25, 0.3) is 0 Å². The highest BCUT2D eigenvalue weighted by Gasteiger charge is 2.29. The summed E-state index contributed by atoms with van der Waals surface area (Å²) in [4.78, 5) is 0. The predicted octanol–water partition coefficient (Wildman–Crippen LogP) is 3.30. The van der Waals surface area contributed by atoms with Crippen molar-refractivity contribution in [1.82, 2.24) is 0 Å². The smallest absolute Gasteiger partial charge is 0.324 e. The van der Waals surface area contributed by atoms with Gasteiger partial charge in [-0.1, -0.05) is 23.8 Å². The van der Waals surface area contributed by atoms with E-state index < -0.39 is 11.7 Å². The van der Waals surface area contributed by atoms with Crippen LogP contribution < -0.4 is 5.73 Å². The second kappa shape index (κ2) is 4.53. The molecule has 1 nitrogen and oxygen atoms in total. The molecule has 1 unspecified atom stereocenters. The number of benzene rings is 1. The van der Waals surface area contributed by atoms with Crippen molar-refractivity contribution in [3.8, 4) is 0 Å². The molecule has 0 saturated carbocycles. The third-order valence-corrected chi connectivity index (χ3v) is 2.96. The van der Waals surface area contributed by atoms with E-state index in [4.69, 9.17) is 5.73 Å². The molecule has 0 fully saturated rings. The molecule has 92 valence electrons. The zero-order chi connectivity index (χ0) is 12.5. The maximum absolute atomic E-state index is 12.3. The van der Waals surface area contributed by atoms with Crippen LogP contribution in [0, 0.1) is 0 Å². The van der Waals surface area contributed by atoms with E-state index in [0.29, 0.717) is 6.42 Å². The zero-order valence-electron chi connectivity index (χ0n) is 9.30. The van der Waals surface area contributed by atoms with Crippen LogP contribution in [-0.4, -0.2) is 6.04 Å². The van der Waals surface area contributed by atoms with E-state index in [1.165, 1.54) is 17.7 Å². The van der Waals surface area contributed by atoms with Gasteiger partial charge in [-0.05, 0) is 37.0 Å². The van der Waals surface area contributed by atoms with Crippen LogP contribution in [0.1, 0.15) is 24.0 Å². The summed E-state index contributed by atoms with van der Waals surface area (Å²) < 4.78 is 37.0. The second-order valence-corrected chi connectivity index (χ2v) is 4.40. The average molecular weight is 241 g/mol. The minimum absolute atomic E-state index is 0.111. The van der Waals surface area contributed by atoms with Crippen LogP contribution in [0.5, 0.6) is 0 Å². The Balaban J connectivity index is 2.06. The maximum Gasteiger partial charge on any atom is 0.416 e. The third kappa shape index (κ3) is 3.09. The van der Waals surface area contributed by atoms with Gasteiger partial charge in [-0.25, -0.2) is 0 Å². The number of allylic oxidation sites excluding steroid dienone is 1. The first-order valence-corrected chi connectivity index (χ1v) is 5.56. The molecule has 0 amide bonds. The first kappa shape index (κ1) is 12.2. The van der Waals surface area contributed by atoms with E-state index >= 15 is 0 Å². The number of nitrogens with two attached hydrogens (primary N) is 1. The molecule has 1 atom stereocenters. The molecule has 0 aromatic heterocycles. The third-order valence-electron chi connectivity index (χ3n) is 2.96. The number of hydrogen-bond donors (Lipinski definition) is 1. The van der Waals surface area contributed by atoms with E-state index in [9.17, 15) is 13.2 Å². The van der Waals surface area contributed by atoms with Gasteiger partial charge in [-0.3, -0.25) is 0 Å². The molecule has 1 aromatic carbocycles. The number of halogens is 3. The van der Waals surface area contributed by atoms with E-state index in [1.807, 2.05) is 6.08 Å². The Labute approximate surface area is 98.1 Å². The van der Waals surface area contributed by atoms with Crippen LogP contribution in [0.3, 0.4) is 0 Å². The average Bonchev–Trinajstić information content (AvgIpc) is 2.63. The Morgan fingerprint density at radius 1 is 1.18 bits per heavy atom. The molecule has 1 aromatic rings. The van der Waals surface area contributed by atoms with Crippen molar-refractivity contribution in [2.24, 2.45) is 5.73 Å². The van der Waals surface area contributed by atoms with Gasteiger partial charge in [0.25, 0.3) is 0 Å². The number of rotatable bonds is 2. The molecule has 0 spiro atoms. The van der Waals surface area contributed by atoms with Gasteiger partial charge in [-0.15, -0.1) is 0 Å². The molecule has 0 bridgehead atoms. The molecular formula is C13H14F3N. The Morgan fingerprint density at radius 3 is 2.29 bits per heavy atom. The molecule has 1 aliphatic rings. The monoisotopic (exact) mass is 241 g/mol. The number of hydrogen-bond acceptors (Lipinski definition) is 1. The topological polar surface area (TPSA) is 26.0 Å². The molecule has 0 heterocycles. The number of alkyl halides is 3. The first-order chi connectivity index (χ1) is 7.95. The molecule has 4 heteroatoms. The first-order valence-electron chi connectivity index (χ1n) is 5.56. The fraction of sp³-hybridized carbons (Fsp3) is 0.385. The van der Waals surface area contributed by atoms with Crippen molar-refractivity contribution in [2.75, 3.05) is 0 Å². The van der Waals surface area contributed by atoms with Crippen LogP contribution in [0.4, 0.5) is 13.2 Å². The van der Waals surface area contributed by atoms with Crippen molar-refractivity contribution in [3.05, 3.63) is 47.0 Å². The molecular weight excluding hydrogens is 227 g/mol. The molecule has 1 aliphatic carbocycles. The Hall–Kier alpha value is -1.29. The minimum Gasteiger partial charge on any atom is -0.324 e. The molecule has 0 aliphatic heterocycles. The largest absolute Gasteiger partial charge is 0.416 e. The van der Waals surface area contributed by atoms with Gasteiger partial charge in [0, 0.05) is 6.04 Å². The molecule has 17 heavy (non-hydrogen) atoms. The molecule has 0 saturated heterocycles. The van der Waals surface area contributed by atoms with Crippen molar-refractivity contribution in [1.29, 1.82) is 0 Å². The Morgan fingerprint density at radius 2 is 1.82 bits per heavy atom. The zero-order valence-corrected chi connectivity index (χ0v) is 9.30. The van der Waals surface area contributed by atoms with Crippen molar-refractivity contribution in [2.45, 2.75) is 31.5 Å². The van der Waals surface area contributed by atoms with Crippen LogP contribution in [0.2, 0.25) is 0 Å². The van der Waals surface area contributed by atoms with Crippen molar-refractivity contribution >= 4 is 0 Å². The molecule has 2 N–H and O–H groups in total. The van der Waals surface area contributed by atoms with Crippen LogP contribution in [0.15, 0.2) is 35.9 Å². The highest BCUT2D eigenvalue weighted by Crippen LogP contribution is 2.29. The summed E-state index contributed by atoms with van der Waals surface area (Å²) in [6, 6.07) is 5.44. The minimum atomic E-state index is -4.26.